The summed E-state index contributed by atoms with van der Waals surface area (Å²) in [5.41, 5.74) is 0.513. The molecule has 1 aromatic rings. The van der Waals surface area contributed by atoms with Gasteiger partial charge in [-0.2, -0.15) is 5.26 Å². The molecule has 5 aliphatic rings. The van der Waals surface area contributed by atoms with Gasteiger partial charge in [-0.3, -0.25) is 9.59 Å². The Hall–Kier alpha value is -2.70. The zero-order valence-electron chi connectivity index (χ0n) is 21.0. The Morgan fingerprint density at radius 1 is 1.19 bits per heavy atom. The molecule has 0 aromatic heterocycles. The average molecular weight is 498 g/mol. The van der Waals surface area contributed by atoms with Crippen molar-refractivity contribution < 1.29 is 18.7 Å². The number of methoxy groups -OCH3 is 1. The first kappa shape index (κ1) is 25.0. The van der Waals surface area contributed by atoms with E-state index in [9.17, 15) is 19.2 Å². The summed E-state index contributed by atoms with van der Waals surface area (Å²) in [4.78, 5) is 30.2. The fourth-order valence-corrected chi connectivity index (χ4v) is 6.79. The van der Waals surface area contributed by atoms with Crippen molar-refractivity contribution in [3.8, 4) is 11.8 Å². The summed E-state index contributed by atoms with van der Waals surface area (Å²) in [5, 5.41) is 16.2. The summed E-state index contributed by atoms with van der Waals surface area (Å²) in [5.74, 6) is 0.833. The molecule has 194 valence electrons. The summed E-state index contributed by atoms with van der Waals surface area (Å²) < 4.78 is 19.4. The third-order valence-corrected chi connectivity index (χ3v) is 9.04. The lowest BCUT2D eigenvalue weighted by atomic mass is 9.56. The fraction of sp³-hybridized carbons (Fsp3) is 0.667. The Morgan fingerprint density at radius 3 is 2.61 bits per heavy atom. The first-order valence-corrected chi connectivity index (χ1v) is 13.1. The molecule has 1 aromatic carbocycles. The van der Waals surface area contributed by atoms with Crippen LogP contribution >= 0.6 is 0 Å². The van der Waals surface area contributed by atoms with Crippen LogP contribution in [0.1, 0.15) is 56.6 Å². The molecule has 3 aliphatic carbocycles. The Morgan fingerprint density at radius 2 is 1.92 bits per heavy atom. The largest absolute Gasteiger partial charge is 0.496 e. The summed E-state index contributed by atoms with van der Waals surface area (Å²) >= 11 is 0. The zero-order chi connectivity index (χ0) is 25.3. The number of ether oxygens (including phenoxy) is 1. The van der Waals surface area contributed by atoms with E-state index in [4.69, 9.17) is 4.74 Å². The molecule has 36 heavy (non-hydrogen) atoms. The highest BCUT2D eigenvalue weighted by molar-refractivity contribution is 5.84. The minimum Gasteiger partial charge on any atom is -0.496 e. The fourth-order valence-electron chi connectivity index (χ4n) is 6.79. The Kier molecular flexibility index (Phi) is 6.92. The number of halogens is 1. The molecule has 2 saturated heterocycles. The Bertz CT molecular complexity index is 1020. The second-order valence-corrected chi connectivity index (χ2v) is 10.9. The monoisotopic (exact) mass is 497 g/mol. The maximum absolute atomic E-state index is 14.1. The molecule has 3 atom stereocenters. The molecule has 8 nitrogen and oxygen atoms in total. The minimum atomic E-state index is -1.13. The van der Waals surface area contributed by atoms with Crippen LogP contribution in [0.15, 0.2) is 24.3 Å². The summed E-state index contributed by atoms with van der Waals surface area (Å²) in [6.45, 7) is 2.27. The maximum atomic E-state index is 14.1. The minimum absolute atomic E-state index is 0.00140. The van der Waals surface area contributed by atoms with Crippen LogP contribution in [0.3, 0.4) is 0 Å². The number of likely N-dealkylation sites (tertiary alicyclic amines) is 1. The quantitative estimate of drug-likeness (QED) is 0.626. The van der Waals surface area contributed by atoms with Gasteiger partial charge in [0.05, 0.1) is 32.3 Å². The number of nitrogens with zero attached hydrogens (tertiary/aromatic N) is 3. The van der Waals surface area contributed by atoms with E-state index in [-0.39, 0.29) is 48.3 Å². The van der Waals surface area contributed by atoms with Gasteiger partial charge in [0.1, 0.15) is 18.0 Å². The van der Waals surface area contributed by atoms with Crippen LogP contribution in [0.2, 0.25) is 0 Å². The van der Waals surface area contributed by atoms with Crippen molar-refractivity contribution in [1.29, 1.82) is 5.26 Å². The number of hydrogen-bond acceptors (Lipinski definition) is 6. The number of para-hydroxylation sites is 1. The lowest BCUT2D eigenvalue weighted by molar-refractivity contribution is -0.154. The van der Waals surface area contributed by atoms with Crippen LogP contribution in [0.5, 0.6) is 5.75 Å². The molecule has 6 rings (SSSR count). The lowest BCUT2D eigenvalue weighted by Crippen LogP contribution is -2.61. The number of hydrogen-bond donors (Lipinski definition) is 2. The molecule has 3 saturated carbocycles. The van der Waals surface area contributed by atoms with Gasteiger partial charge < -0.3 is 25.2 Å². The van der Waals surface area contributed by atoms with Crippen LogP contribution in [-0.4, -0.2) is 79.2 Å². The van der Waals surface area contributed by atoms with Crippen molar-refractivity contribution in [1.82, 2.24) is 20.4 Å². The maximum Gasteiger partial charge on any atom is 0.237 e. The van der Waals surface area contributed by atoms with Gasteiger partial charge >= 0.3 is 0 Å². The van der Waals surface area contributed by atoms with Gasteiger partial charge in [0.2, 0.25) is 11.8 Å². The van der Waals surface area contributed by atoms with Gasteiger partial charge in [-0.25, -0.2) is 4.39 Å². The predicted molar refractivity (Wildman–Crippen MR) is 132 cm³/mol. The van der Waals surface area contributed by atoms with Crippen molar-refractivity contribution in [2.75, 3.05) is 39.8 Å². The molecular weight excluding hydrogens is 461 g/mol. The molecule has 1 unspecified atom stereocenters. The molecule has 9 heteroatoms. The van der Waals surface area contributed by atoms with E-state index in [2.05, 4.69) is 15.5 Å². The highest BCUT2D eigenvalue weighted by atomic mass is 19.1. The second kappa shape index (κ2) is 9.98. The van der Waals surface area contributed by atoms with Crippen LogP contribution in [-0.2, 0) is 9.59 Å². The van der Waals surface area contributed by atoms with E-state index in [1.807, 2.05) is 30.3 Å². The number of nitrogens with one attached hydrogen (secondary N) is 2. The van der Waals surface area contributed by atoms with Crippen LogP contribution in [0.25, 0.3) is 0 Å². The molecule has 0 spiro atoms. The molecule has 5 fully saturated rings. The predicted octanol–water partition coefficient (Wildman–Crippen LogP) is 2.31. The molecule has 2 aliphatic heterocycles. The molecular formula is C27H36FN5O3. The van der Waals surface area contributed by atoms with E-state index >= 15 is 0 Å². The van der Waals surface area contributed by atoms with E-state index in [1.54, 1.807) is 7.11 Å². The smallest absolute Gasteiger partial charge is 0.237 e. The summed E-state index contributed by atoms with van der Waals surface area (Å²) in [7, 11) is 1.67. The van der Waals surface area contributed by atoms with Gasteiger partial charge in [-0.15, -0.1) is 0 Å². The number of fused-ring (bicyclic) bond motifs is 3. The first-order valence-electron chi connectivity index (χ1n) is 13.1. The van der Waals surface area contributed by atoms with E-state index in [0.29, 0.717) is 13.1 Å². The molecule has 2 N–H and O–H groups in total. The van der Waals surface area contributed by atoms with Crippen LogP contribution in [0, 0.1) is 16.7 Å². The molecule has 2 amide bonds. The zero-order valence-corrected chi connectivity index (χ0v) is 21.0. The average Bonchev–Trinajstić information content (AvgIpc) is 3.33. The van der Waals surface area contributed by atoms with Gasteiger partial charge in [0, 0.05) is 42.6 Å². The number of benzene rings is 1. The number of amides is 2. The second-order valence-electron chi connectivity index (χ2n) is 10.9. The Labute approximate surface area is 212 Å². The normalized spacial score (nSPS) is 33.9. The summed E-state index contributed by atoms with van der Waals surface area (Å²) in [6, 6.07) is 9.24. The van der Waals surface area contributed by atoms with Crippen LogP contribution in [0.4, 0.5) is 4.39 Å². The lowest BCUT2D eigenvalue weighted by Gasteiger charge is -2.55. The topological polar surface area (TPSA) is 97.7 Å². The van der Waals surface area contributed by atoms with Gasteiger partial charge in [-0.1, -0.05) is 18.2 Å². The van der Waals surface area contributed by atoms with Crippen molar-refractivity contribution >= 4 is 11.8 Å². The highest BCUT2D eigenvalue weighted by Crippen LogP contribution is 2.54. The van der Waals surface area contributed by atoms with Crippen molar-refractivity contribution in [3.05, 3.63) is 29.8 Å². The number of rotatable bonds is 6. The molecule has 2 heterocycles. The van der Waals surface area contributed by atoms with Crippen molar-refractivity contribution in [3.63, 3.8) is 0 Å². The number of alkyl halides is 1. The third kappa shape index (κ3) is 4.46. The third-order valence-electron chi connectivity index (χ3n) is 9.04. The summed E-state index contributed by atoms with van der Waals surface area (Å²) in [6.07, 6.45) is 3.88. The standard InChI is InChI=1S/C27H36FN5O3/c1-36-23-5-3-2-4-21(23)22-16-30-12-13-32(22)25(35)26-6-9-27(10-7-26,11-8-26)31-17-24(34)33-18-19(28)14-20(33)15-29/h2-5,19-20,22,30-31H,6-14,16-18H2,1H3/t19-,20-,22?,26?,27?/m0/s1. The van der Waals surface area contributed by atoms with E-state index in [0.717, 1.165) is 56.4 Å². The van der Waals surface area contributed by atoms with E-state index < -0.39 is 12.2 Å². The van der Waals surface area contributed by atoms with Crippen molar-refractivity contribution in [2.24, 2.45) is 5.41 Å². The molecule has 0 radical (unpaired) electrons. The van der Waals surface area contributed by atoms with Gasteiger partial charge in [0.25, 0.3) is 0 Å². The number of carbonyl (C=O) groups is 2. The number of piperazine rings is 1. The van der Waals surface area contributed by atoms with Crippen molar-refractivity contribution in [2.45, 2.75) is 68.7 Å². The number of carbonyl (C=O) groups excluding carboxylic acids is 2. The number of nitriles is 1. The SMILES string of the molecule is COc1ccccc1C1CNCCN1C(=O)C12CCC(NCC(=O)N3C[C@@H](F)C[C@H]3C#N)(CC1)CC2. The highest BCUT2D eigenvalue weighted by Gasteiger charge is 2.54. The van der Waals surface area contributed by atoms with Gasteiger partial charge in [0.15, 0.2) is 0 Å². The van der Waals surface area contributed by atoms with Crippen LogP contribution < -0.4 is 15.4 Å². The van der Waals surface area contributed by atoms with E-state index in [1.165, 1.54) is 4.90 Å². The van der Waals surface area contributed by atoms with Gasteiger partial charge in [-0.05, 0) is 44.6 Å². The first-order chi connectivity index (χ1) is 17.4. The Balaban J connectivity index is 1.23. The molecule has 2 bridgehead atoms.